The van der Waals surface area contributed by atoms with Gasteiger partial charge < -0.3 is 25.2 Å². The first-order valence-corrected chi connectivity index (χ1v) is 12.1. The van der Waals surface area contributed by atoms with Crippen LogP contribution in [0, 0.1) is 17.6 Å². The van der Waals surface area contributed by atoms with E-state index < -0.39 is 78.6 Å². The SMILES string of the molecule is CC(C)[C@H](NC(=O)COc1cccc2ccccc12)C(=O)N[C@@H](CC(=O)O)C(=O)COc1cc(F)ccc1F. The van der Waals surface area contributed by atoms with Crippen molar-refractivity contribution in [2.45, 2.75) is 32.4 Å². The summed E-state index contributed by atoms with van der Waals surface area (Å²) in [6.07, 6.45) is -0.789. The van der Waals surface area contributed by atoms with Crippen LogP contribution in [0.25, 0.3) is 10.8 Å². The fraction of sp³-hybridized carbons (Fsp3) is 0.286. The van der Waals surface area contributed by atoms with Crippen LogP contribution in [0.15, 0.2) is 60.7 Å². The van der Waals surface area contributed by atoms with Crippen LogP contribution in [0.1, 0.15) is 20.3 Å². The maximum absolute atomic E-state index is 13.8. The van der Waals surface area contributed by atoms with Gasteiger partial charge in [0.2, 0.25) is 5.91 Å². The second kappa shape index (κ2) is 13.3. The second-order valence-corrected chi connectivity index (χ2v) is 9.04. The number of carbonyl (C=O) groups excluding carboxylic acids is 3. The van der Waals surface area contributed by atoms with Gasteiger partial charge in [-0.05, 0) is 29.5 Å². The summed E-state index contributed by atoms with van der Waals surface area (Å²) in [5.41, 5.74) is 0. The van der Waals surface area contributed by atoms with E-state index in [9.17, 15) is 33.1 Å². The first-order chi connectivity index (χ1) is 18.5. The summed E-state index contributed by atoms with van der Waals surface area (Å²) in [7, 11) is 0. The van der Waals surface area contributed by atoms with Crippen LogP contribution in [0.2, 0.25) is 0 Å². The Kier molecular flexibility index (Phi) is 9.91. The molecule has 0 heterocycles. The summed E-state index contributed by atoms with van der Waals surface area (Å²) >= 11 is 0. The van der Waals surface area contributed by atoms with Crippen molar-refractivity contribution in [3.63, 3.8) is 0 Å². The zero-order chi connectivity index (χ0) is 28.5. The van der Waals surface area contributed by atoms with Gasteiger partial charge in [0.05, 0.1) is 6.42 Å². The molecule has 39 heavy (non-hydrogen) atoms. The van der Waals surface area contributed by atoms with Gasteiger partial charge >= 0.3 is 5.97 Å². The third kappa shape index (κ3) is 8.22. The number of carboxylic acids is 1. The number of fused-ring (bicyclic) bond motifs is 1. The third-order valence-electron chi connectivity index (χ3n) is 5.72. The third-order valence-corrected chi connectivity index (χ3v) is 5.72. The van der Waals surface area contributed by atoms with Crippen molar-refractivity contribution in [2.75, 3.05) is 13.2 Å². The van der Waals surface area contributed by atoms with Gasteiger partial charge in [-0.1, -0.05) is 50.2 Å². The first-order valence-electron chi connectivity index (χ1n) is 12.1. The zero-order valence-corrected chi connectivity index (χ0v) is 21.3. The summed E-state index contributed by atoms with van der Waals surface area (Å²) in [6, 6.07) is 12.6. The van der Waals surface area contributed by atoms with Gasteiger partial charge in [0, 0.05) is 11.5 Å². The maximum atomic E-state index is 13.8. The standard InChI is InChI=1S/C28H28F2N2O7/c1-16(2)27(32-25(34)15-39-23-9-5-7-17-6-3-4-8-19(17)23)28(37)31-21(13-26(35)36)22(33)14-38-24-12-18(29)10-11-20(24)30/h3-12,16,21,27H,13-15H2,1-2H3,(H,31,37)(H,32,34)(H,35,36)/t21-,27-/m0/s1. The minimum atomic E-state index is -1.54. The number of amides is 2. The van der Waals surface area contributed by atoms with Crippen LogP contribution < -0.4 is 20.1 Å². The highest BCUT2D eigenvalue weighted by molar-refractivity contribution is 5.95. The molecule has 2 amide bonds. The Labute approximate surface area is 223 Å². The molecule has 0 saturated heterocycles. The normalized spacial score (nSPS) is 12.4. The smallest absolute Gasteiger partial charge is 0.305 e. The molecular formula is C28H28F2N2O7. The molecule has 0 aliphatic carbocycles. The monoisotopic (exact) mass is 542 g/mol. The number of ketones is 1. The predicted octanol–water partition coefficient (Wildman–Crippen LogP) is 3.25. The van der Waals surface area contributed by atoms with Crippen LogP contribution in [0.3, 0.4) is 0 Å². The molecule has 0 bridgehead atoms. The Morgan fingerprint density at radius 2 is 1.56 bits per heavy atom. The van der Waals surface area contributed by atoms with E-state index in [2.05, 4.69) is 10.6 Å². The average Bonchev–Trinajstić information content (AvgIpc) is 2.89. The molecule has 0 fully saturated rings. The molecule has 0 spiro atoms. The van der Waals surface area contributed by atoms with Gasteiger partial charge in [0.15, 0.2) is 24.0 Å². The summed E-state index contributed by atoms with van der Waals surface area (Å²) in [5.74, 6) is -5.90. The lowest BCUT2D eigenvalue weighted by Gasteiger charge is -2.24. The minimum Gasteiger partial charge on any atom is -0.483 e. The minimum absolute atomic E-state index is 0.394. The van der Waals surface area contributed by atoms with E-state index in [1.54, 1.807) is 26.0 Å². The number of hydrogen-bond donors (Lipinski definition) is 3. The number of nitrogens with one attached hydrogen (secondary N) is 2. The van der Waals surface area contributed by atoms with E-state index in [-0.39, 0.29) is 0 Å². The topological polar surface area (TPSA) is 131 Å². The zero-order valence-electron chi connectivity index (χ0n) is 21.3. The average molecular weight is 543 g/mol. The molecule has 206 valence electrons. The van der Waals surface area contributed by atoms with Crippen molar-refractivity contribution >= 4 is 34.3 Å². The molecule has 0 aliphatic rings. The maximum Gasteiger partial charge on any atom is 0.305 e. The number of rotatable bonds is 13. The van der Waals surface area contributed by atoms with Crippen molar-refractivity contribution in [3.05, 3.63) is 72.3 Å². The molecule has 0 saturated carbocycles. The highest BCUT2D eigenvalue weighted by Crippen LogP contribution is 2.25. The van der Waals surface area contributed by atoms with Crippen LogP contribution in [0.5, 0.6) is 11.5 Å². The molecule has 0 unspecified atom stereocenters. The van der Waals surface area contributed by atoms with E-state index >= 15 is 0 Å². The Hall–Kier alpha value is -4.54. The molecule has 2 atom stereocenters. The van der Waals surface area contributed by atoms with Crippen LogP contribution in [0.4, 0.5) is 8.78 Å². The molecule has 3 aromatic rings. The highest BCUT2D eigenvalue weighted by atomic mass is 19.1. The van der Waals surface area contributed by atoms with Crippen LogP contribution >= 0.6 is 0 Å². The van der Waals surface area contributed by atoms with Crippen molar-refractivity contribution in [1.29, 1.82) is 0 Å². The lowest BCUT2D eigenvalue weighted by atomic mass is 10.0. The van der Waals surface area contributed by atoms with Crippen molar-refractivity contribution in [3.8, 4) is 11.5 Å². The molecule has 0 radical (unpaired) electrons. The summed E-state index contributed by atoms with van der Waals surface area (Å²) < 4.78 is 37.8. The molecular weight excluding hydrogens is 514 g/mol. The number of aliphatic carboxylic acids is 1. The van der Waals surface area contributed by atoms with Gasteiger partial charge in [-0.25, -0.2) is 8.78 Å². The Balaban J connectivity index is 1.63. The van der Waals surface area contributed by atoms with E-state index in [1.807, 2.05) is 30.3 Å². The van der Waals surface area contributed by atoms with Crippen LogP contribution in [-0.4, -0.2) is 54.0 Å². The number of carboxylic acid groups (broad SMARTS) is 1. The Bertz CT molecular complexity index is 1360. The molecule has 0 aliphatic heterocycles. The lowest BCUT2D eigenvalue weighted by Crippen LogP contribution is -2.55. The molecule has 3 rings (SSSR count). The predicted molar refractivity (Wildman–Crippen MR) is 137 cm³/mol. The summed E-state index contributed by atoms with van der Waals surface area (Å²) in [5, 5.41) is 15.8. The van der Waals surface area contributed by atoms with Crippen molar-refractivity contribution in [2.24, 2.45) is 5.92 Å². The molecule has 0 aromatic heterocycles. The van der Waals surface area contributed by atoms with Gasteiger partial charge in [-0.2, -0.15) is 0 Å². The quantitative estimate of drug-likeness (QED) is 0.302. The number of carbonyl (C=O) groups is 4. The van der Waals surface area contributed by atoms with E-state index in [0.29, 0.717) is 5.75 Å². The van der Waals surface area contributed by atoms with Gasteiger partial charge in [0.1, 0.15) is 30.3 Å². The summed E-state index contributed by atoms with van der Waals surface area (Å²) in [4.78, 5) is 49.6. The second-order valence-electron chi connectivity index (χ2n) is 9.04. The van der Waals surface area contributed by atoms with E-state index in [0.717, 1.165) is 29.0 Å². The number of ether oxygens (including phenoxy) is 2. The van der Waals surface area contributed by atoms with Crippen molar-refractivity contribution in [1.82, 2.24) is 10.6 Å². The molecule has 11 heteroatoms. The van der Waals surface area contributed by atoms with E-state index in [4.69, 9.17) is 9.47 Å². The Morgan fingerprint density at radius 3 is 2.28 bits per heavy atom. The largest absolute Gasteiger partial charge is 0.483 e. The molecule has 3 N–H and O–H groups in total. The molecule has 3 aromatic carbocycles. The summed E-state index contributed by atoms with van der Waals surface area (Å²) in [6.45, 7) is 2.09. The number of benzene rings is 3. The fourth-order valence-electron chi connectivity index (χ4n) is 3.73. The van der Waals surface area contributed by atoms with Gasteiger partial charge in [-0.15, -0.1) is 0 Å². The van der Waals surface area contributed by atoms with Crippen molar-refractivity contribution < 1.29 is 42.5 Å². The van der Waals surface area contributed by atoms with Gasteiger partial charge in [0.25, 0.3) is 5.91 Å². The highest BCUT2D eigenvalue weighted by Gasteiger charge is 2.30. The van der Waals surface area contributed by atoms with Gasteiger partial charge in [-0.3, -0.25) is 19.2 Å². The first kappa shape index (κ1) is 29.0. The lowest BCUT2D eigenvalue weighted by molar-refractivity contribution is -0.141. The number of Topliss-reactive ketones (excluding diaryl/α,β-unsaturated/α-hetero) is 1. The number of hydrogen-bond acceptors (Lipinski definition) is 6. The molecule has 9 nitrogen and oxygen atoms in total. The number of halogens is 2. The Morgan fingerprint density at radius 1 is 0.872 bits per heavy atom. The van der Waals surface area contributed by atoms with E-state index in [1.165, 1.54) is 0 Å². The van der Waals surface area contributed by atoms with Crippen LogP contribution in [-0.2, 0) is 19.2 Å². The fourth-order valence-corrected chi connectivity index (χ4v) is 3.73.